The molecule has 1 amide bonds. The third-order valence-corrected chi connectivity index (χ3v) is 3.33. The second-order valence-electron chi connectivity index (χ2n) is 4.77. The van der Waals surface area contributed by atoms with E-state index in [2.05, 4.69) is 15.3 Å². The lowest BCUT2D eigenvalue weighted by Gasteiger charge is -2.05. The van der Waals surface area contributed by atoms with E-state index < -0.39 is 6.09 Å². The Morgan fingerprint density at radius 1 is 1.27 bits per heavy atom. The molecule has 6 heteroatoms. The van der Waals surface area contributed by atoms with Gasteiger partial charge in [-0.3, -0.25) is 5.32 Å². The number of amides is 1. The average molecular weight is 296 g/mol. The zero-order valence-corrected chi connectivity index (χ0v) is 12.4. The number of carbonyl (C=O) groups excluding carboxylic acids is 1. The number of fused-ring (bicyclic) bond motifs is 1. The van der Waals surface area contributed by atoms with Crippen molar-refractivity contribution < 1.29 is 9.53 Å². The van der Waals surface area contributed by atoms with Crippen LogP contribution in [0.25, 0.3) is 22.3 Å². The highest BCUT2D eigenvalue weighted by molar-refractivity contribution is 5.87. The van der Waals surface area contributed by atoms with Gasteiger partial charge in [-0.15, -0.1) is 0 Å². The van der Waals surface area contributed by atoms with E-state index in [9.17, 15) is 4.79 Å². The minimum atomic E-state index is -0.524. The maximum absolute atomic E-state index is 11.5. The van der Waals surface area contributed by atoms with Crippen LogP contribution in [0.15, 0.2) is 42.6 Å². The Bertz CT molecular complexity index is 812. The summed E-state index contributed by atoms with van der Waals surface area (Å²) in [6, 6.07) is 12.0. The maximum Gasteiger partial charge on any atom is 0.413 e. The number of anilines is 1. The number of hydrogen-bond acceptors (Lipinski definition) is 4. The Kier molecular flexibility index (Phi) is 3.74. The molecule has 2 heterocycles. The Balaban J connectivity index is 1.99. The van der Waals surface area contributed by atoms with E-state index in [4.69, 9.17) is 4.74 Å². The number of rotatable bonds is 3. The molecule has 1 N–H and O–H groups in total. The van der Waals surface area contributed by atoms with E-state index in [-0.39, 0.29) is 0 Å². The standard InChI is InChI=1S/C16H16N4O2/c1-3-22-16(21)19-15-18-14-13(20(15)2)9-12(10-17-14)11-7-5-4-6-8-11/h4-10H,3H2,1-2H3,(H,17,18,19,21). The molecule has 3 aromatic rings. The van der Waals surface area contributed by atoms with Crippen molar-refractivity contribution >= 4 is 23.2 Å². The zero-order chi connectivity index (χ0) is 15.5. The van der Waals surface area contributed by atoms with Gasteiger partial charge in [-0.25, -0.2) is 9.78 Å². The molecule has 0 spiro atoms. The van der Waals surface area contributed by atoms with Gasteiger partial charge in [-0.05, 0) is 18.6 Å². The van der Waals surface area contributed by atoms with Gasteiger partial charge in [0.2, 0.25) is 5.95 Å². The van der Waals surface area contributed by atoms with Gasteiger partial charge >= 0.3 is 6.09 Å². The van der Waals surface area contributed by atoms with Gasteiger partial charge in [0.15, 0.2) is 5.65 Å². The minimum absolute atomic E-state index is 0.312. The van der Waals surface area contributed by atoms with Crippen LogP contribution in [0.5, 0.6) is 0 Å². The second kappa shape index (κ2) is 5.85. The number of imidazole rings is 1. The summed E-state index contributed by atoms with van der Waals surface area (Å²) in [6.45, 7) is 2.06. The van der Waals surface area contributed by atoms with Gasteiger partial charge < -0.3 is 9.30 Å². The summed E-state index contributed by atoms with van der Waals surface area (Å²) in [5, 5.41) is 2.61. The highest BCUT2D eigenvalue weighted by Crippen LogP contribution is 2.24. The highest BCUT2D eigenvalue weighted by Gasteiger charge is 2.13. The molecule has 0 saturated carbocycles. The van der Waals surface area contributed by atoms with Crippen LogP contribution in [0.4, 0.5) is 10.7 Å². The van der Waals surface area contributed by atoms with E-state index in [0.29, 0.717) is 18.2 Å². The van der Waals surface area contributed by atoms with Crippen LogP contribution in [-0.2, 0) is 11.8 Å². The topological polar surface area (TPSA) is 69.0 Å². The Morgan fingerprint density at radius 3 is 2.77 bits per heavy atom. The molecule has 22 heavy (non-hydrogen) atoms. The van der Waals surface area contributed by atoms with Gasteiger partial charge in [0.25, 0.3) is 0 Å². The van der Waals surface area contributed by atoms with Gasteiger partial charge in [-0.1, -0.05) is 30.3 Å². The van der Waals surface area contributed by atoms with Crippen LogP contribution in [0.1, 0.15) is 6.92 Å². The number of pyridine rings is 1. The number of aryl methyl sites for hydroxylation is 1. The van der Waals surface area contributed by atoms with Gasteiger partial charge in [0.1, 0.15) is 0 Å². The van der Waals surface area contributed by atoms with E-state index in [1.807, 2.05) is 43.4 Å². The maximum atomic E-state index is 11.5. The van der Waals surface area contributed by atoms with E-state index in [1.54, 1.807) is 17.7 Å². The first-order chi connectivity index (χ1) is 10.7. The summed E-state index contributed by atoms with van der Waals surface area (Å²) in [5.41, 5.74) is 3.50. The third-order valence-electron chi connectivity index (χ3n) is 3.33. The van der Waals surface area contributed by atoms with Crippen molar-refractivity contribution in [1.29, 1.82) is 0 Å². The second-order valence-corrected chi connectivity index (χ2v) is 4.77. The molecule has 0 unspecified atom stereocenters. The Labute approximate surface area is 127 Å². The summed E-state index contributed by atoms with van der Waals surface area (Å²) >= 11 is 0. The van der Waals surface area contributed by atoms with E-state index in [0.717, 1.165) is 16.6 Å². The number of nitrogens with zero attached hydrogens (tertiary/aromatic N) is 3. The largest absolute Gasteiger partial charge is 0.450 e. The summed E-state index contributed by atoms with van der Waals surface area (Å²) in [7, 11) is 1.83. The van der Waals surface area contributed by atoms with Crippen molar-refractivity contribution in [1.82, 2.24) is 14.5 Å². The third kappa shape index (κ3) is 2.63. The van der Waals surface area contributed by atoms with E-state index >= 15 is 0 Å². The Morgan fingerprint density at radius 2 is 2.05 bits per heavy atom. The molecular formula is C16H16N4O2. The van der Waals surface area contributed by atoms with Crippen LogP contribution in [0.3, 0.4) is 0 Å². The molecule has 0 saturated heterocycles. The molecule has 0 radical (unpaired) electrons. The summed E-state index contributed by atoms with van der Waals surface area (Å²) in [6.07, 6.45) is 1.25. The summed E-state index contributed by atoms with van der Waals surface area (Å²) in [4.78, 5) is 20.2. The number of aromatic nitrogens is 3. The lowest BCUT2D eigenvalue weighted by Crippen LogP contribution is -2.16. The van der Waals surface area contributed by atoms with Gasteiger partial charge in [-0.2, -0.15) is 4.98 Å². The fourth-order valence-corrected chi connectivity index (χ4v) is 2.23. The molecule has 0 aliphatic rings. The van der Waals surface area contributed by atoms with Crippen molar-refractivity contribution in [2.75, 3.05) is 11.9 Å². The van der Waals surface area contributed by atoms with Crippen molar-refractivity contribution in [3.63, 3.8) is 0 Å². The van der Waals surface area contributed by atoms with E-state index in [1.165, 1.54) is 0 Å². The summed E-state index contributed by atoms with van der Waals surface area (Å²) < 4.78 is 6.65. The van der Waals surface area contributed by atoms with Crippen LogP contribution >= 0.6 is 0 Å². The first kappa shape index (κ1) is 14.1. The number of carbonyl (C=O) groups is 1. The molecule has 2 aromatic heterocycles. The number of benzene rings is 1. The van der Waals surface area contributed by atoms with Crippen molar-refractivity contribution in [3.05, 3.63) is 42.6 Å². The Hall–Kier alpha value is -2.89. The van der Waals surface area contributed by atoms with Crippen LogP contribution in [-0.4, -0.2) is 27.2 Å². The SMILES string of the molecule is CCOC(=O)Nc1nc2ncc(-c3ccccc3)cc2n1C. The molecule has 1 aromatic carbocycles. The fraction of sp³-hybridized carbons (Fsp3) is 0.188. The quantitative estimate of drug-likeness (QED) is 0.805. The molecule has 0 aliphatic heterocycles. The number of nitrogens with one attached hydrogen (secondary N) is 1. The number of hydrogen-bond donors (Lipinski definition) is 1. The van der Waals surface area contributed by atoms with Crippen molar-refractivity contribution in [3.8, 4) is 11.1 Å². The van der Waals surface area contributed by atoms with Crippen molar-refractivity contribution in [2.45, 2.75) is 6.92 Å². The normalized spacial score (nSPS) is 10.6. The molecular weight excluding hydrogens is 280 g/mol. The molecule has 0 fully saturated rings. The first-order valence-electron chi connectivity index (χ1n) is 7.00. The zero-order valence-electron chi connectivity index (χ0n) is 12.4. The molecule has 6 nitrogen and oxygen atoms in total. The lowest BCUT2D eigenvalue weighted by atomic mass is 10.1. The predicted molar refractivity (Wildman–Crippen MR) is 84.6 cm³/mol. The molecule has 3 rings (SSSR count). The fourth-order valence-electron chi connectivity index (χ4n) is 2.23. The van der Waals surface area contributed by atoms with Crippen LogP contribution in [0, 0.1) is 0 Å². The average Bonchev–Trinajstić information content (AvgIpc) is 2.84. The first-order valence-corrected chi connectivity index (χ1v) is 7.00. The predicted octanol–water partition coefficient (Wildman–Crippen LogP) is 3.20. The highest BCUT2D eigenvalue weighted by atomic mass is 16.5. The van der Waals surface area contributed by atoms with Gasteiger partial charge in [0.05, 0.1) is 12.1 Å². The van der Waals surface area contributed by atoms with Gasteiger partial charge in [0, 0.05) is 18.8 Å². The molecule has 112 valence electrons. The molecule has 0 atom stereocenters. The molecule has 0 bridgehead atoms. The lowest BCUT2D eigenvalue weighted by molar-refractivity contribution is 0.167. The summed E-state index contributed by atoms with van der Waals surface area (Å²) in [5.74, 6) is 0.408. The number of ether oxygens (including phenoxy) is 1. The van der Waals surface area contributed by atoms with Crippen molar-refractivity contribution in [2.24, 2.45) is 7.05 Å². The smallest absolute Gasteiger partial charge is 0.413 e. The minimum Gasteiger partial charge on any atom is -0.450 e. The van der Waals surface area contributed by atoms with Crippen LogP contribution < -0.4 is 5.32 Å². The molecule has 0 aliphatic carbocycles. The monoisotopic (exact) mass is 296 g/mol. The van der Waals surface area contributed by atoms with Crippen LogP contribution in [0.2, 0.25) is 0 Å².